The van der Waals surface area contributed by atoms with E-state index in [0.29, 0.717) is 12.5 Å². The van der Waals surface area contributed by atoms with Crippen molar-refractivity contribution >= 4 is 11.0 Å². The number of nitrogens with zero attached hydrogens (tertiary/aromatic N) is 2. The average molecular weight is 367 g/mol. The number of hydrogen-bond donors (Lipinski definition) is 1. The van der Waals surface area contributed by atoms with Crippen LogP contribution in [0, 0.1) is 13.8 Å². The molecular weight excluding hydrogens is 336 g/mol. The van der Waals surface area contributed by atoms with Crippen molar-refractivity contribution in [2.45, 2.75) is 53.0 Å². The smallest absolute Gasteiger partial charge is 0.119 e. The molecule has 2 aromatic carbocycles. The van der Waals surface area contributed by atoms with E-state index in [4.69, 9.17) is 9.72 Å². The molecule has 0 bridgehead atoms. The van der Waals surface area contributed by atoms with Gasteiger partial charge in [-0.15, -0.1) is 0 Å². The molecule has 144 valence electrons. The van der Waals surface area contributed by atoms with E-state index in [0.717, 1.165) is 42.0 Å². The van der Waals surface area contributed by atoms with E-state index in [1.54, 1.807) is 0 Å². The zero-order valence-electron chi connectivity index (χ0n) is 16.8. The van der Waals surface area contributed by atoms with E-state index < -0.39 is 0 Å². The van der Waals surface area contributed by atoms with Crippen molar-refractivity contribution in [2.75, 3.05) is 13.2 Å². The first kappa shape index (κ1) is 19.4. The van der Waals surface area contributed by atoms with Gasteiger partial charge in [0.05, 0.1) is 17.6 Å². The molecule has 0 fully saturated rings. The normalized spacial score (nSPS) is 11.5. The molecule has 0 aliphatic rings. The molecule has 1 N–H and O–H groups in total. The van der Waals surface area contributed by atoms with Gasteiger partial charge in [0, 0.05) is 13.0 Å². The molecule has 4 heteroatoms. The zero-order chi connectivity index (χ0) is 19.4. The second-order valence-electron chi connectivity index (χ2n) is 7.50. The number of hydrogen-bond acceptors (Lipinski definition) is 3. The van der Waals surface area contributed by atoms with Gasteiger partial charge in [-0.3, -0.25) is 0 Å². The molecule has 1 heterocycles. The Morgan fingerprint density at radius 3 is 2.44 bits per heavy atom. The molecule has 3 rings (SSSR count). The van der Waals surface area contributed by atoms with Crippen LogP contribution in [0.3, 0.4) is 0 Å². The SMILES string of the molecule is Cc1cc2nc(CCCO)n(CCOc3ccc(C(C)C)cc3)c2cc1C. The summed E-state index contributed by atoms with van der Waals surface area (Å²) < 4.78 is 8.21. The Bertz CT molecular complexity index is 895. The maximum atomic E-state index is 9.21. The minimum absolute atomic E-state index is 0.181. The van der Waals surface area contributed by atoms with Crippen LogP contribution < -0.4 is 4.74 Å². The van der Waals surface area contributed by atoms with Crippen LogP contribution in [-0.2, 0) is 13.0 Å². The van der Waals surface area contributed by atoms with Gasteiger partial charge in [0.1, 0.15) is 18.2 Å². The van der Waals surface area contributed by atoms with Gasteiger partial charge in [0.2, 0.25) is 0 Å². The fourth-order valence-electron chi connectivity index (χ4n) is 3.31. The third-order valence-corrected chi connectivity index (χ3v) is 5.13. The number of aliphatic hydroxyl groups excluding tert-OH is 1. The minimum atomic E-state index is 0.181. The lowest BCUT2D eigenvalue weighted by atomic mass is 10.0. The summed E-state index contributed by atoms with van der Waals surface area (Å²) in [4.78, 5) is 4.81. The predicted molar refractivity (Wildman–Crippen MR) is 111 cm³/mol. The van der Waals surface area contributed by atoms with Gasteiger partial charge < -0.3 is 14.4 Å². The van der Waals surface area contributed by atoms with E-state index in [1.807, 2.05) is 12.1 Å². The van der Waals surface area contributed by atoms with Gasteiger partial charge >= 0.3 is 0 Å². The number of imidazole rings is 1. The maximum Gasteiger partial charge on any atom is 0.119 e. The highest BCUT2D eigenvalue weighted by Gasteiger charge is 2.12. The molecule has 0 aliphatic heterocycles. The highest BCUT2D eigenvalue weighted by Crippen LogP contribution is 2.22. The molecule has 0 unspecified atom stereocenters. The van der Waals surface area contributed by atoms with Crippen LogP contribution in [0.1, 0.15) is 48.7 Å². The van der Waals surface area contributed by atoms with Crippen LogP contribution in [0.5, 0.6) is 5.75 Å². The van der Waals surface area contributed by atoms with Crippen molar-refractivity contribution < 1.29 is 9.84 Å². The average Bonchev–Trinajstić information content (AvgIpc) is 2.97. The van der Waals surface area contributed by atoms with Gasteiger partial charge in [-0.1, -0.05) is 26.0 Å². The van der Waals surface area contributed by atoms with Crippen molar-refractivity contribution in [1.82, 2.24) is 9.55 Å². The van der Waals surface area contributed by atoms with Crippen molar-refractivity contribution in [3.63, 3.8) is 0 Å². The molecule has 0 spiro atoms. The lowest BCUT2D eigenvalue weighted by Crippen LogP contribution is -2.12. The minimum Gasteiger partial charge on any atom is -0.492 e. The molecule has 0 amide bonds. The quantitative estimate of drug-likeness (QED) is 0.624. The van der Waals surface area contributed by atoms with Gasteiger partial charge in [-0.2, -0.15) is 0 Å². The number of rotatable bonds is 8. The highest BCUT2D eigenvalue weighted by atomic mass is 16.5. The van der Waals surface area contributed by atoms with Crippen LogP contribution in [0.25, 0.3) is 11.0 Å². The summed E-state index contributed by atoms with van der Waals surface area (Å²) in [5, 5.41) is 9.21. The summed E-state index contributed by atoms with van der Waals surface area (Å²) >= 11 is 0. The molecule has 27 heavy (non-hydrogen) atoms. The Morgan fingerprint density at radius 2 is 1.78 bits per heavy atom. The summed E-state index contributed by atoms with van der Waals surface area (Å²) in [7, 11) is 0. The predicted octanol–water partition coefficient (Wildman–Crippen LogP) is 4.78. The van der Waals surface area contributed by atoms with Gasteiger partial charge in [-0.05, 0) is 67.1 Å². The van der Waals surface area contributed by atoms with Crippen molar-refractivity contribution in [2.24, 2.45) is 0 Å². The second kappa shape index (κ2) is 8.57. The summed E-state index contributed by atoms with van der Waals surface area (Å²) in [6.45, 7) is 10.1. The van der Waals surface area contributed by atoms with Gasteiger partial charge in [0.25, 0.3) is 0 Å². The van der Waals surface area contributed by atoms with Crippen molar-refractivity contribution in [3.05, 3.63) is 58.9 Å². The molecule has 0 radical (unpaired) electrons. The largest absolute Gasteiger partial charge is 0.492 e. The van der Waals surface area contributed by atoms with Crippen molar-refractivity contribution in [3.8, 4) is 5.75 Å². The molecule has 0 aliphatic carbocycles. The third-order valence-electron chi connectivity index (χ3n) is 5.13. The Kier molecular flexibility index (Phi) is 6.17. The molecule has 0 saturated carbocycles. The van der Waals surface area contributed by atoms with Crippen LogP contribution >= 0.6 is 0 Å². The van der Waals surface area contributed by atoms with E-state index in [9.17, 15) is 5.11 Å². The molecule has 1 aromatic heterocycles. The second-order valence-corrected chi connectivity index (χ2v) is 7.50. The Hall–Kier alpha value is -2.33. The van der Waals surface area contributed by atoms with Crippen LogP contribution in [0.4, 0.5) is 0 Å². The Balaban J connectivity index is 1.77. The monoisotopic (exact) mass is 366 g/mol. The zero-order valence-corrected chi connectivity index (χ0v) is 16.8. The van der Waals surface area contributed by atoms with E-state index in [2.05, 4.69) is 56.5 Å². The van der Waals surface area contributed by atoms with E-state index >= 15 is 0 Å². The number of ether oxygens (including phenoxy) is 1. The lowest BCUT2D eigenvalue weighted by Gasteiger charge is -2.12. The summed E-state index contributed by atoms with van der Waals surface area (Å²) in [6.07, 6.45) is 1.49. The first-order valence-corrected chi connectivity index (χ1v) is 9.79. The van der Waals surface area contributed by atoms with E-state index in [1.165, 1.54) is 16.7 Å². The molecule has 4 nitrogen and oxygen atoms in total. The molecule has 0 atom stereocenters. The number of fused-ring (bicyclic) bond motifs is 1. The van der Waals surface area contributed by atoms with Crippen molar-refractivity contribution in [1.29, 1.82) is 0 Å². The fraction of sp³-hybridized carbons (Fsp3) is 0.435. The molecule has 0 saturated heterocycles. The number of aliphatic hydroxyl groups is 1. The topological polar surface area (TPSA) is 47.3 Å². The first-order chi connectivity index (χ1) is 13.0. The van der Waals surface area contributed by atoms with Crippen LogP contribution in [0.15, 0.2) is 36.4 Å². The lowest BCUT2D eigenvalue weighted by molar-refractivity contribution is 0.283. The first-order valence-electron chi connectivity index (χ1n) is 9.79. The highest BCUT2D eigenvalue weighted by molar-refractivity contribution is 5.78. The van der Waals surface area contributed by atoms with E-state index in [-0.39, 0.29) is 6.61 Å². The van der Waals surface area contributed by atoms with Gasteiger partial charge in [0.15, 0.2) is 0 Å². The number of benzene rings is 2. The fourth-order valence-corrected chi connectivity index (χ4v) is 3.31. The number of aryl methyl sites for hydroxylation is 3. The standard InChI is InChI=1S/C23H30N2O2/c1-16(2)19-7-9-20(10-8-19)27-13-11-25-22-15-18(4)17(3)14-21(22)24-23(25)6-5-12-26/h7-10,14-16,26H,5-6,11-13H2,1-4H3. The molecular formula is C23H30N2O2. The Morgan fingerprint density at radius 1 is 1.07 bits per heavy atom. The number of aromatic nitrogens is 2. The summed E-state index contributed by atoms with van der Waals surface area (Å²) in [5.74, 6) is 2.44. The molecule has 3 aromatic rings. The summed E-state index contributed by atoms with van der Waals surface area (Å²) in [5.41, 5.74) is 6.00. The van der Waals surface area contributed by atoms with Crippen LogP contribution in [-0.4, -0.2) is 27.9 Å². The summed E-state index contributed by atoms with van der Waals surface area (Å²) in [6, 6.07) is 12.7. The third kappa shape index (κ3) is 4.51. The maximum absolute atomic E-state index is 9.21. The van der Waals surface area contributed by atoms with Crippen LogP contribution in [0.2, 0.25) is 0 Å². The Labute approximate surface area is 161 Å². The van der Waals surface area contributed by atoms with Gasteiger partial charge in [-0.25, -0.2) is 4.98 Å².